The molecule has 0 aromatic rings. The molecule has 0 aliphatic carbocycles. The van der Waals surface area contributed by atoms with E-state index in [0.717, 1.165) is 25.0 Å². The van der Waals surface area contributed by atoms with E-state index in [1.54, 1.807) is 0 Å². The fraction of sp³-hybridized carbons (Fsp3) is 0.929. The molecule has 1 heterocycles. The lowest BCUT2D eigenvalue weighted by molar-refractivity contribution is 0.309. The highest BCUT2D eigenvalue weighted by Crippen LogP contribution is 2.13. The van der Waals surface area contributed by atoms with Crippen molar-refractivity contribution in [3.63, 3.8) is 0 Å². The molecule has 0 saturated carbocycles. The zero-order valence-corrected chi connectivity index (χ0v) is 15.2. The molecular formula is C14H31IN4. The SMILES string of the molecule is CN=C(NCCCC(C)C)NCC1CCCN1C.I. The van der Waals surface area contributed by atoms with E-state index in [2.05, 4.69) is 41.4 Å². The van der Waals surface area contributed by atoms with Crippen LogP contribution in [0.25, 0.3) is 0 Å². The van der Waals surface area contributed by atoms with Crippen LogP contribution in [0, 0.1) is 5.92 Å². The standard InChI is InChI=1S/C14H30N4.HI/c1-12(2)7-5-9-16-14(15-3)17-11-13-8-6-10-18(13)4;/h12-13H,5-11H2,1-4H3,(H2,15,16,17);1H. The largest absolute Gasteiger partial charge is 0.356 e. The predicted octanol–water partition coefficient (Wildman–Crippen LogP) is 2.30. The van der Waals surface area contributed by atoms with Crippen LogP contribution in [0.2, 0.25) is 0 Å². The van der Waals surface area contributed by atoms with Gasteiger partial charge in [-0.15, -0.1) is 24.0 Å². The van der Waals surface area contributed by atoms with E-state index in [1.807, 2.05) is 7.05 Å². The predicted molar refractivity (Wildman–Crippen MR) is 94.5 cm³/mol. The number of hydrogen-bond donors (Lipinski definition) is 2. The number of nitrogens with zero attached hydrogens (tertiary/aromatic N) is 2. The zero-order chi connectivity index (χ0) is 13.4. The highest BCUT2D eigenvalue weighted by molar-refractivity contribution is 14.0. The molecule has 5 heteroatoms. The number of nitrogens with one attached hydrogen (secondary N) is 2. The lowest BCUT2D eigenvalue weighted by Gasteiger charge is -2.21. The molecule has 2 N–H and O–H groups in total. The van der Waals surface area contributed by atoms with Gasteiger partial charge >= 0.3 is 0 Å². The van der Waals surface area contributed by atoms with Crippen molar-refractivity contribution in [2.75, 3.05) is 33.7 Å². The van der Waals surface area contributed by atoms with Gasteiger partial charge in [-0.3, -0.25) is 4.99 Å². The molecule has 1 aliphatic rings. The summed E-state index contributed by atoms with van der Waals surface area (Å²) in [6.45, 7) is 7.78. The smallest absolute Gasteiger partial charge is 0.191 e. The Bertz CT molecular complexity index is 256. The monoisotopic (exact) mass is 382 g/mol. The van der Waals surface area contributed by atoms with E-state index in [0.29, 0.717) is 6.04 Å². The van der Waals surface area contributed by atoms with Crippen molar-refractivity contribution in [2.45, 2.75) is 45.6 Å². The lowest BCUT2D eigenvalue weighted by atomic mass is 10.1. The normalized spacial score (nSPS) is 20.5. The molecule has 1 unspecified atom stereocenters. The molecule has 1 aliphatic heterocycles. The Morgan fingerprint density at radius 3 is 2.63 bits per heavy atom. The molecule has 1 atom stereocenters. The Labute approximate surface area is 135 Å². The van der Waals surface area contributed by atoms with Gasteiger partial charge in [-0.1, -0.05) is 13.8 Å². The summed E-state index contributed by atoms with van der Waals surface area (Å²) >= 11 is 0. The minimum Gasteiger partial charge on any atom is -0.356 e. The van der Waals surface area contributed by atoms with Gasteiger partial charge in [0.2, 0.25) is 0 Å². The first kappa shape index (κ1) is 19.0. The highest BCUT2D eigenvalue weighted by atomic mass is 127. The van der Waals surface area contributed by atoms with Crippen molar-refractivity contribution >= 4 is 29.9 Å². The lowest BCUT2D eigenvalue weighted by Crippen LogP contribution is -2.44. The van der Waals surface area contributed by atoms with Crippen LogP contribution in [0.1, 0.15) is 39.5 Å². The van der Waals surface area contributed by atoms with Crippen LogP contribution in [0.3, 0.4) is 0 Å². The Balaban J connectivity index is 0.00000324. The molecule has 0 aromatic heterocycles. The molecule has 19 heavy (non-hydrogen) atoms. The first-order valence-electron chi connectivity index (χ1n) is 7.28. The maximum absolute atomic E-state index is 4.27. The number of hydrogen-bond acceptors (Lipinski definition) is 2. The third-order valence-electron chi connectivity index (χ3n) is 3.65. The van der Waals surface area contributed by atoms with E-state index in [-0.39, 0.29) is 24.0 Å². The molecule has 1 saturated heterocycles. The van der Waals surface area contributed by atoms with Gasteiger partial charge in [-0.05, 0) is 45.2 Å². The Hall–Kier alpha value is -0.0400. The van der Waals surface area contributed by atoms with Crippen molar-refractivity contribution in [3.05, 3.63) is 0 Å². The van der Waals surface area contributed by atoms with E-state index in [1.165, 1.54) is 32.2 Å². The molecule has 1 rings (SSSR count). The van der Waals surface area contributed by atoms with Crippen LogP contribution in [0.4, 0.5) is 0 Å². The summed E-state index contributed by atoms with van der Waals surface area (Å²) in [6, 6.07) is 0.666. The van der Waals surface area contributed by atoms with Crippen LogP contribution in [0.5, 0.6) is 0 Å². The summed E-state index contributed by atoms with van der Waals surface area (Å²) in [5.74, 6) is 1.73. The van der Waals surface area contributed by atoms with E-state index in [4.69, 9.17) is 0 Å². The van der Waals surface area contributed by atoms with Crippen LogP contribution < -0.4 is 10.6 Å². The van der Waals surface area contributed by atoms with Crippen LogP contribution in [-0.2, 0) is 0 Å². The van der Waals surface area contributed by atoms with Gasteiger partial charge in [-0.25, -0.2) is 0 Å². The fourth-order valence-corrected chi connectivity index (χ4v) is 2.39. The van der Waals surface area contributed by atoms with Gasteiger partial charge in [-0.2, -0.15) is 0 Å². The summed E-state index contributed by atoms with van der Waals surface area (Å²) in [7, 11) is 4.05. The Morgan fingerprint density at radius 2 is 2.11 bits per heavy atom. The van der Waals surface area contributed by atoms with Crippen LogP contribution in [0.15, 0.2) is 4.99 Å². The second kappa shape index (κ2) is 10.7. The van der Waals surface area contributed by atoms with E-state index >= 15 is 0 Å². The van der Waals surface area contributed by atoms with E-state index < -0.39 is 0 Å². The van der Waals surface area contributed by atoms with Crippen molar-refractivity contribution in [1.82, 2.24) is 15.5 Å². The fourth-order valence-electron chi connectivity index (χ4n) is 2.39. The second-order valence-electron chi connectivity index (χ2n) is 5.69. The van der Waals surface area contributed by atoms with Gasteiger partial charge in [0, 0.05) is 26.2 Å². The zero-order valence-electron chi connectivity index (χ0n) is 12.9. The summed E-state index contributed by atoms with van der Waals surface area (Å²) in [5, 5.41) is 6.81. The van der Waals surface area contributed by atoms with Gasteiger partial charge in [0.05, 0.1) is 0 Å². The number of rotatable bonds is 6. The summed E-state index contributed by atoms with van der Waals surface area (Å²) in [4.78, 5) is 6.70. The minimum absolute atomic E-state index is 0. The van der Waals surface area contributed by atoms with Gasteiger partial charge in [0.15, 0.2) is 5.96 Å². The maximum Gasteiger partial charge on any atom is 0.191 e. The quantitative estimate of drug-likeness (QED) is 0.321. The molecule has 4 nitrogen and oxygen atoms in total. The van der Waals surface area contributed by atoms with Crippen LogP contribution >= 0.6 is 24.0 Å². The van der Waals surface area contributed by atoms with E-state index in [9.17, 15) is 0 Å². The first-order chi connectivity index (χ1) is 8.63. The summed E-state index contributed by atoms with van der Waals surface area (Å²) < 4.78 is 0. The Morgan fingerprint density at radius 1 is 1.37 bits per heavy atom. The third kappa shape index (κ3) is 7.97. The number of likely N-dealkylation sites (tertiary alicyclic amines) is 1. The van der Waals surface area contributed by atoms with Crippen molar-refractivity contribution in [2.24, 2.45) is 10.9 Å². The number of guanidine groups is 1. The average molecular weight is 382 g/mol. The summed E-state index contributed by atoms with van der Waals surface area (Å²) in [6.07, 6.45) is 5.11. The van der Waals surface area contributed by atoms with Gasteiger partial charge in [0.25, 0.3) is 0 Å². The minimum atomic E-state index is 0. The molecule has 0 bridgehead atoms. The molecule has 0 radical (unpaired) electrons. The van der Waals surface area contributed by atoms with Gasteiger partial charge in [0.1, 0.15) is 0 Å². The Kier molecular flexibility index (Phi) is 10.7. The molecule has 1 fully saturated rings. The second-order valence-corrected chi connectivity index (χ2v) is 5.69. The highest BCUT2D eigenvalue weighted by Gasteiger charge is 2.20. The van der Waals surface area contributed by atoms with Crippen LogP contribution in [-0.4, -0.2) is 50.6 Å². The number of halogens is 1. The number of likely N-dealkylation sites (N-methyl/N-ethyl adjacent to an activating group) is 1. The molecule has 0 spiro atoms. The van der Waals surface area contributed by atoms with Crippen molar-refractivity contribution in [1.29, 1.82) is 0 Å². The first-order valence-corrected chi connectivity index (χ1v) is 7.28. The molecule has 0 aromatic carbocycles. The van der Waals surface area contributed by atoms with Crippen molar-refractivity contribution < 1.29 is 0 Å². The summed E-state index contributed by atoms with van der Waals surface area (Å²) in [5.41, 5.74) is 0. The van der Waals surface area contributed by atoms with Crippen molar-refractivity contribution in [3.8, 4) is 0 Å². The average Bonchev–Trinajstić information content (AvgIpc) is 2.74. The molecule has 0 amide bonds. The maximum atomic E-state index is 4.27. The molecular weight excluding hydrogens is 351 g/mol. The topological polar surface area (TPSA) is 39.7 Å². The number of aliphatic imine (C=N–C) groups is 1. The van der Waals surface area contributed by atoms with Gasteiger partial charge < -0.3 is 15.5 Å². The third-order valence-corrected chi connectivity index (χ3v) is 3.65. The molecule has 114 valence electrons.